The number of benzene rings is 7. The fraction of sp³-hybridized carbons (Fsp3) is 0.0169. The van der Waals surface area contributed by atoms with Gasteiger partial charge in [0.1, 0.15) is 11.5 Å². The molecular weight excluding hydrogens is 823 g/mol. The van der Waals surface area contributed by atoms with E-state index in [0.717, 1.165) is 117 Å². The third-order valence-corrected chi connectivity index (χ3v) is 14.3. The standard InChI is InChI=1S/C59H33N7O/c1-60-35-22-24-53-44(28-35)42-15-5-10-20-52(42)66(53)38-31-48-58(63-33-38)57-47(30-37(32-62-57)65-50-18-8-2-12-39(50)40-13-3-9-19-51(40)65)59(48)45-16-6-11-21-55(45)67-56-25-23-36(29-46(56)59)64-49-17-7-4-14-41(49)43-26-27-61-34-54(43)64/h2-34H. The highest BCUT2D eigenvalue weighted by molar-refractivity contribution is 6.12. The number of fused-ring (bicyclic) bond motifs is 18. The lowest BCUT2D eigenvalue weighted by atomic mass is 9.66. The first-order chi connectivity index (χ1) is 33.2. The van der Waals surface area contributed by atoms with Crippen LogP contribution in [0.2, 0.25) is 0 Å². The number of hydrogen-bond donors (Lipinski definition) is 0. The fourth-order valence-electron chi connectivity index (χ4n) is 11.6. The average Bonchev–Trinajstić information content (AvgIpc) is 4.10. The van der Waals surface area contributed by atoms with E-state index in [4.69, 9.17) is 21.3 Å². The summed E-state index contributed by atoms with van der Waals surface area (Å²) in [7, 11) is 0. The van der Waals surface area contributed by atoms with E-state index in [1.165, 1.54) is 10.8 Å². The summed E-state index contributed by atoms with van der Waals surface area (Å²) in [6, 6.07) is 62.0. The van der Waals surface area contributed by atoms with Gasteiger partial charge in [-0.15, -0.1) is 0 Å². The van der Waals surface area contributed by atoms with E-state index in [1.54, 1.807) is 0 Å². The molecule has 7 aromatic carbocycles. The van der Waals surface area contributed by atoms with Crippen LogP contribution in [0.5, 0.6) is 11.5 Å². The first kappa shape index (κ1) is 36.1. The summed E-state index contributed by atoms with van der Waals surface area (Å²) in [5.74, 6) is 1.54. The lowest BCUT2D eigenvalue weighted by Gasteiger charge is -2.39. The number of aromatic nitrogens is 6. The van der Waals surface area contributed by atoms with Crippen molar-refractivity contribution in [3.63, 3.8) is 0 Å². The van der Waals surface area contributed by atoms with Crippen LogP contribution in [0, 0.1) is 6.57 Å². The Morgan fingerprint density at radius 3 is 1.51 bits per heavy atom. The van der Waals surface area contributed by atoms with Crippen LogP contribution in [-0.2, 0) is 5.41 Å². The maximum atomic E-state index is 7.84. The van der Waals surface area contributed by atoms with Gasteiger partial charge in [0.25, 0.3) is 0 Å². The Morgan fingerprint density at radius 2 is 0.896 bits per heavy atom. The van der Waals surface area contributed by atoms with Gasteiger partial charge < -0.3 is 18.4 Å². The Labute approximate surface area is 382 Å². The first-order valence-corrected chi connectivity index (χ1v) is 22.4. The highest BCUT2D eigenvalue weighted by Gasteiger charge is 2.53. The molecule has 0 amide bonds. The minimum Gasteiger partial charge on any atom is -0.457 e. The molecule has 0 bridgehead atoms. The second-order valence-corrected chi connectivity index (χ2v) is 17.5. The summed E-state index contributed by atoms with van der Waals surface area (Å²) in [6.07, 6.45) is 7.81. The molecule has 0 saturated heterocycles. The van der Waals surface area contributed by atoms with Crippen molar-refractivity contribution in [2.45, 2.75) is 5.41 Å². The van der Waals surface area contributed by atoms with Gasteiger partial charge >= 0.3 is 0 Å². The Balaban J connectivity index is 1.08. The van der Waals surface area contributed by atoms with Crippen LogP contribution in [0.4, 0.5) is 5.69 Å². The molecule has 8 heteroatoms. The largest absolute Gasteiger partial charge is 0.457 e. The van der Waals surface area contributed by atoms with Crippen LogP contribution < -0.4 is 4.74 Å². The number of pyridine rings is 3. The van der Waals surface area contributed by atoms with Crippen molar-refractivity contribution in [1.82, 2.24) is 28.7 Å². The van der Waals surface area contributed by atoms with Gasteiger partial charge in [-0.1, -0.05) is 97.1 Å². The Bertz CT molecular complexity index is 4250. The minimum absolute atomic E-state index is 0.604. The molecule has 1 aliphatic heterocycles. The van der Waals surface area contributed by atoms with E-state index in [-0.39, 0.29) is 0 Å². The highest BCUT2D eigenvalue weighted by atomic mass is 16.5. The number of hydrogen-bond acceptors (Lipinski definition) is 4. The normalized spacial score (nSPS) is 14.7. The maximum absolute atomic E-state index is 7.84. The summed E-state index contributed by atoms with van der Waals surface area (Å²) in [4.78, 5) is 19.3. The summed E-state index contributed by atoms with van der Waals surface area (Å²) in [5.41, 5.74) is 14.6. The predicted molar refractivity (Wildman–Crippen MR) is 266 cm³/mol. The molecule has 1 spiro atoms. The molecule has 67 heavy (non-hydrogen) atoms. The molecule has 0 fully saturated rings. The molecule has 0 saturated carbocycles. The highest BCUT2D eigenvalue weighted by Crippen LogP contribution is 2.62. The van der Waals surface area contributed by atoms with Crippen LogP contribution in [0.25, 0.3) is 98.7 Å². The van der Waals surface area contributed by atoms with Crippen LogP contribution in [0.1, 0.15) is 22.3 Å². The van der Waals surface area contributed by atoms with Crippen LogP contribution >= 0.6 is 0 Å². The lowest BCUT2D eigenvalue weighted by Crippen LogP contribution is -2.32. The average molecular weight is 856 g/mol. The van der Waals surface area contributed by atoms with Gasteiger partial charge in [-0.2, -0.15) is 0 Å². The van der Waals surface area contributed by atoms with Crippen molar-refractivity contribution in [2.75, 3.05) is 0 Å². The smallest absolute Gasteiger partial charge is 0.188 e. The summed E-state index contributed by atoms with van der Waals surface area (Å²) in [6.45, 7) is 7.84. The van der Waals surface area contributed by atoms with Gasteiger partial charge in [0.15, 0.2) is 5.69 Å². The van der Waals surface area contributed by atoms with Crippen LogP contribution in [0.3, 0.4) is 0 Å². The van der Waals surface area contributed by atoms with Crippen molar-refractivity contribution in [1.29, 1.82) is 0 Å². The molecule has 15 rings (SSSR count). The molecule has 1 unspecified atom stereocenters. The van der Waals surface area contributed by atoms with Gasteiger partial charge in [-0.3, -0.25) is 15.0 Å². The number of rotatable bonds is 3. The van der Waals surface area contributed by atoms with E-state index in [2.05, 4.69) is 181 Å². The van der Waals surface area contributed by atoms with Gasteiger partial charge in [0, 0.05) is 61.1 Å². The zero-order valence-electron chi connectivity index (χ0n) is 35.6. The van der Waals surface area contributed by atoms with Crippen molar-refractivity contribution >= 4 is 71.1 Å². The van der Waals surface area contributed by atoms with E-state index < -0.39 is 5.41 Å². The van der Waals surface area contributed by atoms with Crippen molar-refractivity contribution in [3.8, 4) is 39.9 Å². The van der Waals surface area contributed by atoms with Crippen molar-refractivity contribution in [3.05, 3.63) is 234 Å². The van der Waals surface area contributed by atoms with Crippen molar-refractivity contribution < 1.29 is 4.74 Å². The topological polar surface area (TPSA) is 67.1 Å². The van der Waals surface area contributed by atoms with Crippen LogP contribution in [-0.4, -0.2) is 28.7 Å². The minimum atomic E-state index is -0.942. The second kappa shape index (κ2) is 13.1. The second-order valence-electron chi connectivity index (χ2n) is 17.5. The molecule has 1 aliphatic carbocycles. The SMILES string of the molecule is [C-]#[N+]c1ccc2c(c1)c1ccccc1n2-c1cnc2c(c1)C1(c3ccccc3Oc3ccc(-n4c5ccccc5c5ccncc54)cc31)c1cc(-n3c4ccccc4c4ccccc43)cnc1-2. The van der Waals surface area contributed by atoms with Gasteiger partial charge in [-0.05, 0) is 84.2 Å². The molecule has 2 aliphatic rings. The van der Waals surface area contributed by atoms with E-state index >= 15 is 0 Å². The number of ether oxygens (including phenoxy) is 1. The maximum Gasteiger partial charge on any atom is 0.188 e. The zero-order valence-corrected chi connectivity index (χ0v) is 35.6. The Morgan fingerprint density at radius 1 is 0.403 bits per heavy atom. The van der Waals surface area contributed by atoms with Crippen molar-refractivity contribution in [2.24, 2.45) is 0 Å². The molecule has 1 atom stereocenters. The molecule has 8 nitrogen and oxygen atoms in total. The first-order valence-electron chi connectivity index (χ1n) is 22.4. The lowest BCUT2D eigenvalue weighted by molar-refractivity contribution is 0.436. The van der Waals surface area contributed by atoms with Gasteiger partial charge in [0.05, 0.1) is 86.4 Å². The predicted octanol–water partition coefficient (Wildman–Crippen LogP) is 14.2. The molecular formula is C59H33N7O. The van der Waals surface area contributed by atoms with Gasteiger partial charge in [-0.25, -0.2) is 4.85 Å². The molecule has 0 N–H and O–H groups in total. The number of para-hydroxylation sites is 5. The third kappa shape index (κ3) is 4.66. The quantitative estimate of drug-likeness (QED) is 0.166. The van der Waals surface area contributed by atoms with E-state index in [9.17, 15) is 0 Å². The molecule has 13 aromatic rings. The van der Waals surface area contributed by atoms with E-state index in [0.29, 0.717) is 5.69 Å². The fourth-order valence-corrected chi connectivity index (χ4v) is 11.6. The van der Waals surface area contributed by atoms with Crippen LogP contribution in [0.15, 0.2) is 201 Å². The summed E-state index contributed by atoms with van der Waals surface area (Å²) in [5, 5.41) is 6.77. The molecule has 7 heterocycles. The zero-order chi connectivity index (χ0) is 44.0. The molecule has 6 aromatic heterocycles. The molecule has 0 radical (unpaired) electrons. The van der Waals surface area contributed by atoms with Gasteiger partial charge in [0.2, 0.25) is 0 Å². The summed E-state index contributed by atoms with van der Waals surface area (Å²) >= 11 is 0. The molecule has 310 valence electrons. The Hall–Kier alpha value is -9.32. The number of nitrogens with zero attached hydrogens (tertiary/aromatic N) is 7. The monoisotopic (exact) mass is 855 g/mol. The Kier molecular flexibility index (Phi) is 7.07. The third-order valence-electron chi connectivity index (χ3n) is 14.3. The summed E-state index contributed by atoms with van der Waals surface area (Å²) < 4.78 is 13.9. The van der Waals surface area contributed by atoms with E-state index in [1.807, 2.05) is 43.0 Å².